The molecule has 1 aromatic carbocycles. The fourth-order valence-corrected chi connectivity index (χ4v) is 1.54. The number of hydrogen-bond donors (Lipinski definition) is 3. The van der Waals surface area contributed by atoms with E-state index >= 15 is 0 Å². The highest BCUT2D eigenvalue weighted by Crippen LogP contribution is 2.14. The quantitative estimate of drug-likeness (QED) is 0.449. The maximum atomic E-state index is 11.3. The fourth-order valence-electron chi connectivity index (χ4n) is 1.22. The Labute approximate surface area is 116 Å². The van der Waals surface area contributed by atoms with Gasteiger partial charge in [-0.15, -0.1) is 12.6 Å². The number of carbonyl (C=O) groups is 2. The second-order valence-electron chi connectivity index (χ2n) is 3.42. The number of nitrogens with one attached hydrogen (secondary N) is 2. The molecule has 18 heavy (non-hydrogen) atoms. The minimum Gasteiger partial charge on any atom is -0.326 e. The monoisotopic (exact) mass is 280 g/mol. The molecular formula is C12H12N2O2S2. The van der Waals surface area contributed by atoms with Crippen LogP contribution in [0.15, 0.2) is 29.2 Å². The smallest absolute Gasteiger partial charge is 0.262 e. The van der Waals surface area contributed by atoms with Crippen LogP contribution >= 0.6 is 24.8 Å². The first-order chi connectivity index (χ1) is 8.52. The van der Waals surface area contributed by atoms with E-state index in [0.717, 1.165) is 11.1 Å². The van der Waals surface area contributed by atoms with Gasteiger partial charge in [-0.1, -0.05) is 24.4 Å². The highest BCUT2D eigenvalue weighted by Gasteiger charge is 2.02. The minimum absolute atomic E-state index is 0.131. The standard InChI is InChI=1S/C12H12N2O2S2/c1-8(15)14-10-4-2-9(3-5-10)6-11(18)12(16)13-7-17/h2-7,18H,1H3,(H,14,15)(H,13,16,17)/b11-6+. The van der Waals surface area contributed by atoms with Crippen LogP contribution in [0.3, 0.4) is 0 Å². The molecule has 94 valence electrons. The van der Waals surface area contributed by atoms with E-state index < -0.39 is 0 Å². The number of thiol groups is 1. The SMILES string of the molecule is CC(=O)Nc1ccc(/C=C(/S)C(=O)NC=S)cc1. The van der Waals surface area contributed by atoms with Crippen LogP contribution < -0.4 is 10.6 Å². The number of hydrogen-bond acceptors (Lipinski definition) is 4. The van der Waals surface area contributed by atoms with Crippen LogP contribution in [0.25, 0.3) is 6.08 Å². The lowest BCUT2D eigenvalue weighted by Gasteiger charge is -2.03. The first kappa shape index (κ1) is 14.4. The van der Waals surface area contributed by atoms with Crippen LogP contribution in [0.5, 0.6) is 0 Å². The van der Waals surface area contributed by atoms with Crippen LogP contribution in [0.1, 0.15) is 12.5 Å². The van der Waals surface area contributed by atoms with Gasteiger partial charge in [0.15, 0.2) is 0 Å². The van der Waals surface area contributed by atoms with Crippen molar-refractivity contribution in [2.75, 3.05) is 5.32 Å². The van der Waals surface area contributed by atoms with Crippen molar-refractivity contribution in [3.63, 3.8) is 0 Å². The summed E-state index contributed by atoms with van der Waals surface area (Å²) in [4.78, 5) is 22.4. The van der Waals surface area contributed by atoms with E-state index in [4.69, 9.17) is 0 Å². The van der Waals surface area contributed by atoms with Gasteiger partial charge < -0.3 is 10.6 Å². The Kier molecular flexibility index (Phi) is 5.54. The highest BCUT2D eigenvalue weighted by molar-refractivity contribution is 7.85. The van der Waals surface area contributed by atoms with Gasteiger partial charge in [-0.05, 0) is 23.8 Å². The molecule has 6 heteroatoms. The van der Waals surface area contributed by atoms with Crippen LogP contribution in [-0.2, 0) is 9.59 Å². The van der Waals surface area contributed by atoms with Crippen LogP contribution in [0.2, 0.25) is 0 Å². The lowest BCUT2D eigenvalue weighted by atomic mass is 10.2. The number of amides is 2. The molecule has 0 bridgehead atoms. The van der Waals surface area contributed by atoms with Gasteiger partial charge in [0.25, 0.3) is 5.91 Å². The normalized spacial score (nSPS) is 10.7. The van der Waals surface area contributed by atoms with Gasteiger partial charge >= 0.3 is 0 Å². The van der Waals surface area contributed by atoms with E-state index in [0.29, 0.717) is 5.69 Å². The zero-order valence-electron chi connectivity index (χ0n) is 9.64. The number of thiocarbonyl (C=S) groups is 1. The van der Waals surface area contributed by atoms with E-state index in [1.54, 1.807) is 30.3 Å². The summed E-state index contributed by atoms with van der Waals surface area (Å²) in [5.74, 6) is -0.493. The van der Waals surface area contributed by atoms with Crippen molar-refractivity contribution in [1.82, 2.24) is 5.32 Å². The van der Waals surface area contributed by atoms with Crippen molar-refractivity contribution in [3.8, 4) is 0 Å². The minimum atomic E-state index is -0.362. The molecule has 0 fully saturated rings. The molecule has 2 amide bonds. The highest BCUT2D eigenvalue weighted by atomic mass is 32.1. The number of rotatable bonds is 4. The predicted molar refractivity (Wildman–Crippen MR) is 79.5 cm³/mol. The maximum absolute atomic E-state index is 11.3. The topological polar surface area (TPSA) is 58.2 Å². The molecule has 0 aliphatic rings. The van der Waals surface area contributed by atoms with Crippen molar-refractivity contribution in [2.45, 2.75) is 6.92 Å². The Morgan fingerprint density at radius 2 is 1.89 bits per heavy atom. The van der Waals surface area contributed by atoms with E-state index in [1.165, 1.54) is 6.92 Å². The van der Waals surface area contributed by atoms with E-state index in [1.807, 2.05) is 0 Å². The molecule has 4 nitrogen and oxygen atoms in total. The van der Waals surface area contributed by atoms with Crippen molar-refractivity contribution in [3.05, 3.63) is 34.7 Å². The lowest BCUT2D eigenvalue weighted by Crippen LogP contribution is -2.20. The predicted octanol–water partition coefficient (Wildman–Crippen LogP) is 1.99. The molecular weight excluding hydrogens is 268 g/mol. The number of anilines is 1. The molecule has 1 aromatic rings. The second-order valence-corrected chi connectivity index (χ2v) is 4.14. The summed E-state index contributed by atoms with van der Waals surface area (Å²) in [5.41, 5.74) is 2.63. The molecule has 0 atom stereocenters. The number of benzene rings is 1. The van der Waals surface area contributed by atoms with Crippen molar-refractivity contribution < 1.29 is 9.59 Å². The summed E-state index contributed by atoms with van der Waals surface area (Å²) >= 11 is 8.58. The van der Waals surface area contributed by atoms with E-state index in [9.17, 15) is 9.59 Å². The van der Waals surface area contributed by atoms with E-state index in [-0.39, 0.29) is 16.7 Å². The third-order valence-electron chi connectivity index (χ3n) is 1.96. The molecule has 0 aliphatic carbocycles. The summed E-state index contributed by atoms with van der Waals surface area (Å²) in [6.45, 7) is 1.44. The van der Waals surface area contributed by atoms with E-state index in [2.05, 4.69) is 35.5 Å². The molecule has 0 aliphatic heterocycles. The van der Waals surface area contributed by atoms with Gasteiger partial charge in [0.05, 0.1) is 10.4 Å². The average Bonchev–Trinajstić information content (AvgIpc) is 2.31. The molecule has 0 spiro atoms. The van der Waals surface area contributed by atoms with Gasteiger partial charge in [0.1, 0.15) is 0 Å². The first-order valence-corrected chi connectivity index (χ1v) is 5.97. The van der Waals surface area contributed by atoms with Gasteiger partial charge in [0.2, 0.25) is 5.91 Å². The van der Waals surface area contributed by atoms with Gasteiger partial charge in [-0.3, -0.25) is 9.59 Å². The Balaban J connectivity index is 2.79. The van der Waals surface area contributed by atoms with Crippen molar-refractivity contribution in [1.29, 1.82) is 0 Å². The summed E-state index contributed by atoms with van der Waals surface area (Å²) < 4.78 is 0. The Hall–Kier alpha value is -1.66. The second kappa shape index (κ2) is 6.93. The fraction of sp³-hybridized carbons (Fsp3) is 0.0833. The Bertz CT molecular complexity index is 495. The molecule has 0 saturated carbocycles. The van der Waals surface area contributed by atoms with Crippen LogP contribution in [-0.4, -0.2) is 17.3 Å². The molecule has 0 heterocycles. The zero-order chi connectivity index (χ0) is 13.5. The lowest BCUT2D eigenvalue weighted by molar-refractivity contribution is -0.115. The summed E-state index contributed by atoms with van der Waals surface area (Å²) in [5, 5.41) is 5.00. The van der Waals surface area contributed by atoms with Crippen molar-refractivity contribution >= 4 is 53.9 Å². The Morgan fingerprint density at radius 3 is 2.39 bits per heavy atom. The van der Waals surface area contributed by atoms with Crippen LogP contribution in [0, 0.1) is 0 Å². The average molecular weight is 280 g/mol. The third-order valence-corrected chi connectivity index (χ3v) is 2.41. The third kappa shape index (κ3) is 4.68. The van der Waals surface area contributed by atoms with Gasteiger partial charge in [-0.25, -0.2) is 0 Å². The molecule has 0 saturated heterocycles. The van der Waals surface area contributed by atoms with Gasteiger partial charge in [0, 0.05) is 12.6 Å². The van der Waals surface area contributed by atoms with Crippen LogP contribution in [0.4, 0.5) is 5.69 Å². The largest absolute Gasteiger partial charge is 0.326 e. The summed E-state index contributed by atoms with van der Waals surface area (Å²) in [7, 11) is 0. The molecule has 0 unspecified atom stereocenters. The Morgan fingerprint density at radius 1 is 1.28 bits per heavy atom. The molecule has 0 aromatic heterocycles. The summed E-state index contributed by atoms with van der Waals surface area (Å²) in [6.07, 6.45) is 1.61. The summed E-state index contributed by atoms with van der Waals surface area (Å²) in [6, 6.07) is 7.02. The van der Waals surface area contributed by atoms with Gasteiger partial charge in [-0.2, -0.15) is 0 Å². The number of carbonyl (C=O) groups excluding carboxylic acids is 2. The molecule has 2 N–H and O–H groups in total. The molecule has 0 radical (unpaired) electrons. The maximum Gasteiger partial charge on any atom is 0.262 e. The zero-order valence-corrected chi connectivity index (χ0v) is 11.3. The van der Waals surface area contributed by atoms with Crippen molar-refractivity contribution in [2.24, 2.45) is 0 Å². The molecule has 1 rings (SSSR count). The first-order valence-electron chi connectivity index (χ1n) is 5.05.